The molecular weight excluding hydrogens is 423 g/mol. The van der Waals surface area contributed by atoms with Crippen molar-refractivity contribution in [2.75, 3.05) is 0 Å². The highest BCUT2D eigenvalue weighted by molar-refractivity contribution is 7.87. The molecule has 0 aliphatic carbocycles. The Morgan fingerprint density at radius 3 is 2.42 bits per heavy atom. The molecule has 1 aromatic carbocycles. The van der Waals surface area contributed by atoms with Crippen molar-refractivity contribution >= 4 is 15.8 Å². The molecule has 2 heterocycles. The van der Waals surface area contributed by atoms with Gasteiger partial charge in [-0.2, -0.15) is 8.42 Å². The second kappa shape index (κ2) is 8.64. The van der Waals surface area contributed by atoms with Crippen LogP contribution < -0.4 is 21.4 Å². The second-order valence-corrected chi connectivity index (χ2v) is 8.55. The maximum absolute atomic E-state index is 13.6. The summed E-state index contributed by atoms with van der Waals surface area (Å²) in [4.78, 5) is 8.39. The molecular formula is C20H23FN6O3S. The summed E-state index contributed by atoms with van der Waals surface area (Å²) in [6.07, 6.45) is 3.15. The predicted octanol–water partition coefficient (Wildman–Crippen LogP) is 1.86. The molecule has 0 atom stereocenters. The highest BCUT2D eigenvalue weighted by atomic mass is 32.2. The van der Waals surface area contributed by atoms with Crippen LogP contribution >= 0.6 is 0 Å². The van der Waals surface area contributed by atoms with Crippen molar-refractivity contribution in [3.05, 3.63) is 77.5 Å². The van der Waals surface area contributed by atoms with Crippen LogP contribution in [0.1, 0.15) is 36.8 Å². The van der Waals surface area contributed by atoms with Gasteiger partial charge in [0.05, 0.1) is 12.2 Å². The first-order chi connectivity index (χ1) is 14.6. The van der Waals surface area contributed by atoms with Crippen molar-refractivity contribution in [2.45, 2.75) is 31.3 Å². The molecule has 0 spiro atoms. The van der Waals surface area contributed by atoms with Gasteiger partial charge in [0.2, 0.25) is 0 Å². The van der Waals surface area contributed by atoms with Crippen LogP contribution in [0.5, 0.6) is 5.75 Å². The number of imidazole rings is 1. The lowest BCUT2D eigenvalue weighted by Crippen LogP contribution is -2.22. The number of hydrogen-bond acceptors (Lipinski definition) is 8. The molecule has 164 valence electrons. The third kappa shape index (κ3) is 4.77. The Morgan fingerprint density at radius 2 is 1.84 bits per heavy atom. The Balaban J connectivity index is 2.24. The van der Waals surface area contributed by atoms with Crippen LogP contribution in [0, 0.1) is 5.82 Å². The van der Waals surface area contributed by atoms with Gasteiger partial charge in [0, 0.05) is 18.5 Å². The van der Waals surface area contributed by atoms with Crippen LogP contribution in [0.3, 0.4) is 0 Å². The molecule has 0 radical (unpaired) electrons. The van der Waals surface area contributed by atoms with Crippen molar-refractivity contribution in [3.63, 3.8) is 0 Å². The van der Waals surface area contributed by atoms with Gasteiger partial charge < -0.3 is 26.0 Å². The highest BCUT2D eigenvalue weighted by Crippen LogP contribution is 2.30. The summed E-state index contributed by atoms with van der Waals surface area (Å²) in [5, 5.41) is -0.220. The van der Waals surface area contributed by atoms with E-state index in [4.69, 9.17) is 21.4 Å². The fourth-order valence-corrected chi connectivity index (χ4v) is 4.33. The summed E-state index contributed by atoms with van der Waals surface area (Å²) in [6.45, 7) is 3.62. The lowest BCUT2D eigenvalue weighted by Gasteiger charge is -2.15. The summed E-state index contributed by atoms with van der Waals surface area (Å²) in [6, 6.07) is 8.28. The molecule has 0 fully saturated rings. The lowest BCUT2D eigenvalue weighted by atomic mass is 10.1. The quantitative estimate of drug-likeness (QED) is 0.465. The maximum atomic E-state index is 13.6. The first kappa shape index (κ1) is 22.1. The minimum atomic E-state index is -4.44. The van der Waals surface area contributed by atoms with E-state index >= 15 is 0 Å². The van der Waals surface area contributed by atoms with Crippen molar-refractivity contribution < 1.29 is 17.0 Å². The zero-order valence-corrected chi connectivity index (χ0v) is 17.8. The number of aromatic nitrogens is 3. The van der Waals surface area contributed by atoms with E-state index in [2.05, 4.69) is 9.97 Å². The van der Waals surface area contributed by atoms with Gasteiger partial charge in [-0.05, 0) is 35.7 Å². The molecule has 6 N–H and O–H groups in total. The smallest absolute Gasteiger partial charge is 0.357 e. The minimum Gasteiger partial charge on any atom is -0.393 e. The summed E-state index contributed by atoms with van der Waals surface area (Å²) >= 11 is 0. The van der Waals surface area contributed by atoms with E-state index in [0.717, 1.165) is 11.6 Å². The molecule has 11 heteroatoms. The molecule has 9 nitrogen and oxygen atoms in total. The molecule has 3 aromatic rings. The number of nitrogens with two attached hydrogens (primary N) is 3. The first-order valence-corrected chi connectivity index (χ1v) is 10.7. The SMILES string of the molecule is CC(C)c1nc(C(N)=C(N)N)n(Cc2ccncc2)c1S(=O)(=O)Oc1cccc(F)c1. The lowest BCUT2D eigenvalue weighted by molar-refractivity contribution is 0.470. The molecule has 0 amide bonds. The fourth-order valence-electron chi connectivity index (χ4n) is 2.93. The Bertz CT molecular complexity index is 1220. The highest BCUT2D eigenvalue weighted by Gasteiger charge is 2.32. The number of nitrogens with zero attached hydrogens (tertiary/aromatic N) is 3. The van der Waals surface area contributed by atoms with Gasteiger partial charge in [-0.3, -0.25) is 4.98 Å². The number of halogens is 1. The normalized spacial score (nSPS) is 11.5. The molecule has 0 saturated carbocycles. The molecule has 0 saturated heterocycles. The van der Waals surface area contributed by atoms with E-state index in [-0.39, 0.29) is 46.3 Å². The Morgan fingerprint density at radius 1 is 1.16 bits per heavy atom. The number of pyridine rings is 1. The maximum Gasteiger partial charge on any atom is 0.357 e. The number of rotatable bonds is 7. The van der Waals surface area contributed by atoms with E-state index in [1.807, 2.05) is 0 Å². The molecule has 0 aliphatic heterocycles. The number of benzene rings is 1. The van der Waals surface area contributed by atoms with E-state index in [9.17, 15) is 12.8 Å². The second-order valence-electron chi connectivity index (χ2n) is 7.09. The fraction of sp³-hybridized carbons (Fsp3) is 0.200. The van der Waals surface area contributed by atoms with Crippen LogP contribution in [0.25, 0.3) is 5.70 Å². The Hall–Kier alpha value is -3.60. The van der Waals surface area contributed by atoms with Gasteiger partial charge >= 0.3 is 10.1 Å². The average Bonchev–Trinajstić information content (AvgIpc) is 3.08. The van der Waals surface area contributed by atoms with Crippen LogP contribution in [-0.2, 0) is 16.7 Å². The standard InChI is InChI=1S/C20H23FN6O3S/c1-12(2)17-20(31(28,29)30-15-5-3-4-14(21)10-15)27(11-13-6-8-25-9-7-13)19(26-17)16(22)18(23)24/h3-10,12H,11,22-24H2,1-2H3. The van der Waals surface area contributed by atoms with Gasteiger partial charge in [-0.25, -0.2) is 9.37 Å². The summed E-state index contributed by atoms with van der Waals surface area (Å²) in [5.41, 5.74) is 18.2. The number of hydrogen-bond donors (Lipinski definition) is 3. The topological polar surface area (TPSA) is 152 Å². The van der Waals surface area contributed by atoms with Gasteiger partial charge in [0.25, 0.3) is 0 Å². The van der Waals surface area contributed by atoms with Crippen molar-refractivity contribution in [1.82, 2.24) is 14.5 Å². The predicted molar refractivity (Wildman–Crippen MR) is 113 cm³/mol. The summed E-state index contributed by atoms with van der Waals surface area (Å²) < 4.78 is 46.8. The first-order valence-electron chi connectivity index (χ1n) is 9.30. The third-order valence-electron chi connectivity index (χ3n) is 4.37. The van der Waals surface area contributed by atoms with Gasteiger partial charge in [-0.1, -0.05) is 19.9 Å². The minimum absolute atomic E-state index is 0.0665. The molecule has 3 rings (SSSR count). The van der Waals surface area contributed by atoms with E-state index in [0.29, 0.717) is 0 Å². The van der Waals surface area contributed by atoms with Crippen LogP contribution in [0.15, 0.2) is 59.6 Å². The van der Waals surface area contributed by atoms with E-state index in [1.165, 1.54) is 22.8 Å². The van der Waals surface area contributed by atoms with Crippen molar-refractivity contribution in [3.8, 4) is 5.75 Å². The van der Waals surface area contributed by atoms with Gasteiger partial charge in [0.15, 0.2) is 10.9 Å². The van der Waals surface area contributed by atoms with Crippen molar-refractivity contribution in [1.29, 1.82) is 0 Å². The van der Waals surface area contributed by atoms with E-state index in [1.54, 1.807) is 38.4 Å². The van der Waals surface area contributed by atoms with Crippen molar-refractivity contribution in [2.24, 2.45) is 17.2 Å². The monoisotopic (exact) mass is 446 g/mol. The molecule has 0 unspecified atom stereocenters. The van der Waals surface area contributed by atoms with Crippen LogP contribution in [-0.4, -0.2) is 23.0 Å². The molecule has 31 heavy (non-hydrogen) atoms. The molecule has 0 bridgehead atoms. The van der Waals surface area contributed by atoms with Crippen LogP contribution in [0.2, 0.25) is 0 Å². The molecule has 0 aliphatic rings. The van der Waals surface area contributed by atoms with E-state index < -0.39 is 15.9 Å². The zero-order chi connectivity index (χ0) is 22.8. The third-order valence-corrected chi connectivity index (χ3v) is 5.69. The van der Waals surface area contributed by atoms with Crippen LogP contribution in [0.4, 0.5) is 4.39 Å². The zero-order valence-electron chi connectivity index (χ0n) is 17.0. The van der Waals surface area contributed by atoms with Gasteiger partial charge in [0.1, 0.15) is 23.1 Å². The summed E-state index contributed by atoms with van der Waals surface area (Å²) in [7, 11) is -4.44. The molecule has 2 aromatic heterocycles. The summed E-state index contributed by atoms with van der Waals surface area (Å²) in [5.74, 6) is -1.24. The Labute approximate surface area is 179 Å². The largest absolute Gasteiger partial charge is 0.393 e. The Kier molecular flexibility index (Phi) is 6.16. The average molecular weight is 447 g/mol. The van der Waals surface area contributed by atoms with Gasteiger partial charge in [-0.15, -0.1) is 0 Å².